The summed E-state index contributed by atoms with van der Waals surface area (Å²) in [5.41, 5.74) is -1.22. The molecule has 0 bridgehead atoms. The summed E-state index contributed by atoms with van der Waals surface area (Å²) < 4.78 is 0. The molecule has 0 saturated carbocycles. The summed E-state index contributed by atoms with van der Waals surface area (Å²) in [6.07, 6.45) is 4.13. The van der Waals surface area contributed by atoms with E-state index < -0.39 is 5.57 Å². The van der Waals surface area contributed by atoms with Crippen LogP contribution < -0.4 is 0 Å². The minimum atomic E-state index is -1.22. The molecule has 0 radical (unpaired) electrons. The van der Waals surface area contributed by atoms with Crippen LogP contribution in [0.2, 0.25) is 17.1 Å². The molecule has 0 aliphatic carbocycles. The molecule has 0 aliphatic heterocycles. The zero-order valence-corrected chi connectivity index (χ0v) is 11.5. The molecule has 0 spiro atoms. The number of rotatable bonds is 4. The molecule has 0 nitrogen and oxygen atoms in total. The van der Waals surface area contributed by atoms with Gasteiger partial charge in [0.1, 0.15) is 5.57 Å². The fourth-order valence-corrected chi connectivity index (χ4v) is 5.33. The molecule has 0 fully saturated rings. The molecule has 0 saturated heterocycles. The molecular formula is C10H19ISi. The Morgan fingerprint density at radius 1 is 1.17 bits per heavy atom. The third-order valence-corrected chi connectivity index (χ3v) is 14.3. The highest BCUT2D eigenvalue weighted by atomic mass is 127. The summed E-state index contributed by atoms with van der Waals surface area (Å²) in [5, 5.41) is 0.440. The first kappa shape index (κ1) is 12.4. The van der Waals surface area contributed by atoms with Crippen molar-refractivity contribution in [3.05, 3.63) is 25.3 Å². The summed E-state index contributed by atoms with van der Waals surface area (Å²) in [4.78, 5) is 0. The predicted molar refractivity (Wildman–Crippen MR) is 69.5 cm³/mol. The minimum Gasteiger partial charge on any atom is -0.117 e. The van der Waals surface area contributed by atoms with E-state index in [1.807, 2.05) is 0 Å². The van der Waals surface area contributed by atoms with Gasteiger partial charge in [0.15, 0.2) is 0 Å². The van der Waals surface area contributed by atoms with Crippen molar-refractivity contribution in [1.29, 1.82) is 0 Å². The summed E-state index contributed by atoms with van der Waals surface area (Å²) >= 11 is 2.68. The molecule has 0 rings (SSSR count). The molecule has 0 heterocycles. The molecule has 0 amide bonds. The average Bonchev–Trinajstić information content (AvgIpc) is 1.86. The van der Waals surface area contributed by atoms with Crippen LogP contribution in [0.4, 0.5) is 0 Å². The topological polar surface area (TPSA) is 0 Å². The van der Waals surface area contributed by atoms with Gasteiger partial charge in [-0.1, -0.05) is 32.9 Å². The van der Waals surface area contributed by atoms with Gasteiger partial charge in [-0.15, -0.1) is 35.0 Å². The van der Waals surface area contributed by atoms with E-state index in [-0.39, 0.29) is 0 Å². The Hall–Kier alpha value is 0.427. The molecule has 0 aromatic rings. The van der Waals surface area contributed by atoms with Crippen LogP contribution in [0.3, 0.4) is 0 Å². The maximum absolute atomic E-state index is 3.84. The minimum absolute atomic E-state index is 0.440. The summed E-state index contributed by atoms with van der Waals surface area (Å²) in [6, 6.07) is 2.37. The Bertz CT molecular complexity index is 157. The van der Waals surface area contributed by atoms with Crippen LogP contribution in [0.5, 0.6) is 0 Å². The van der Waals surface area contributed by atoms with E-state index in [2.05, 4.69) is 67.9 Å². The average molecular weight is 294 g/mol. The van der Waals surface area contributed by atoms with Crippen molar-refractivity contribution in [2.24, 2.45) is 0 Å². The van der Waals surface area contributed by atoms with Crippen LogP contribution in [0, 0.1) is 0 Å². The fourth-order valence-electron chi connectivity index (χ4n) is 1.15. The molecule has 0 N–H and O–H groups in total. The van der Waals surface area contributed by atoms with Gasteiger partial charge in [-0.2, -0.15) is 0 Å². The molecule has 0 atom stereocenters. The van der Waals surface area contributed by atoms with Gasteiger partial charge in [0.2, 0.25) is 0 Å². The highest BCUT2D eigenvalue weighted by molar-refractivity contribution is 14.1. The van der Waals surface area contributed by atoms with Crippen LogP contribution in [-0.2, 0) is 0 Å². The number of hydrogen-bond acceptors (Lipinski definition) is 0. The molecule has 70 valence electrons. The van der Waals surface area contributed by atoms with Crippen LogP contribution in [0.15, 0.2) is 25.3 Å². The first-order valence-electron chi connectivity index (χ1n) is 4.28. The Balaban J connectivity index is 4.59. The third-order valence-electron chi connectivity index (χ3n) is 2.28. The Labute approximate surface area is 90.4 Å². The maximum atomic E-state index is 3.84. The van der Waals surface area contributed by atoms with E-state index in [1.54, 1.807) is 0 Å². The molecule has 0 aliphatic rings. The van der Waals surface area contributed by atoms with E-state index in [4.69, 9.17) is 0 Å². The second kappa shape index (κ2) is 4.60. The quantitative estimate of drug-likeness (QED) is 0.309. The number of halogens is 1. The van der Waals surface area contributed by atoms with Crippen LogP contribution in [0.1, 0.15) is 20.8 Å². The lowest BCUT2D eigenvalue weighted by Gasteiger charge is -2.36. The molecular weight excluding hydrogens is 275 g/mol. The first-order valence-corrected chi connectivity index (χ1v) is 9.81. The van der Waals surface area contributed by atoms with Crippen molar-refractivity contribution in [3.8, 4) is 0 Å². The second-order valence-electron chi connectivity index (χ2n) is 4.20. The highest BCUT2D eigenvalue weighted by Gasteiger charge is 2.39. The summed E-state index contributed by atoms with van der Waals surface area (Å²) in [7, 11) is 0. The number of allylic oxidation sites excluding steroid dienone is 2. The van der Waals surface area contributed by atoms with E-state index in [1.165, 1.54) is 12.1 Å². The van der Waals surface area contributed by atoms with Crippen molar-refractivity contribution >= 4 is 27.4 Å². The standard InChI is InChI=1S/C10H19ISi/c1-6-8-12(11,9-7-2)10(3,4)5/h6-7H,1-2,8-9H2,3-5H3. The van der Waals surface area contributed by atoms with Crippen molar-refractivity contribution in [2.75, 3.05) is 0 Å². The number of hydrogen-bond donors (Lipinski definition) is 0. The SMILES string of the molecule is C=CC[Si](I)(CC=C)C(C)(C)C. The van der Waals surface area contributed by atoms with Crippen molar-refractivity contribution in [3.63, 3.8) is 0 Å². The van der Waals surface area contributed by atoms with E-state index in [0.29, 0.717) is 5.04 Å². The Morgan fingerprint density at radius 2 is 1.50 bits per heavy atom. The van der Waals surface area contributed by atoms with E-state index in [0.717, 1.165) is 0 Å². The highest BCUT2D eigenvalue weighted by Crippen LogP contribution is 2.46. The van der Waals surface area contributed by atoms with Gasteiger partial charge in [-0.25, -0.2) is 0 Å². The Kier molecular flexibility index (Phi) is 4.77. The van der Waals surface area contributed by atoms with E-state index >= 15 is 0 Å². The van der Waals surface area contributed by atoms with Gasteiger partial charge in [0.05, 0.1) is 0 Å². The fraction of sp³-hybridized carbons (Fsp3) is 0.600. The molecule has 0 aromatic heterocycles. The van der Waals surface area contributed by atoms with Gasteiger partial charge in [0, 0.05) is 0 Å². The maximum Gasteiger partial charge on any atom is 0.138 e. The van der Waals surface area contributed by atoms with Gasteiger partial charge in [-0.05, 0) is 17.1 Å². The van der Waals surface area contributed by atoms with Crippen LogP contribution in [0.25, 0.3) is 0 Å². The second-order valence-corrected chi connectivity index (χ2v) is 14.6. The van der Waals surface area contributed by atoms with Gasteiger partial charge >= 0.3 is 0 Å². The van der Waals surface area contributed by atoms with Crippen molar-refractivity contribution in [2.45, 2.75) is 37.9 Å². The van der Waals surface area contributed by atoms with Gasteiger partial charge in [0.25, 0.3) is 0 Å². The third kappa shape index (κ3) is 3.05. The zero-order chi connectivity index (χ0) is 9.83. The Morgan fingerprint density at radius 3 is 1.67 bits per heavy atom. The van der Waals surface area contributed by atoms with Crippen LogP contribution >= 0.6 is 21.8 Å². The summed E-state index contributed by atoms with van der Waals surface area (Å²) in [6.45, 7) is 14.7. The summed E-state index contributed by atoms with van der Waals surface area (Å²) in [5.74, 6) is 0. The first-order chi connectivity index (χ1) is 5.37. The normalized spacial score (nSPS) is 12.7. The van der Waals surface area contributed by atoms with Crippen molar-refractivity contribution < 1.29 is 0 Å². The van der Waals surface area contributed by atoms with Gasteiger partial charge < -0.3 is 0 Å². The largest absolute Gasteiger partial charge is 0.138 e. The molecule has 2 heteroatoms. The van der Waals surface area contributed by atoms with Crippen LogP contribution in [-0.4, -0.2) is 5.57 Å². The van der Waals surface area contributed by atoms with Gasteiger partial charge in [-0.3, -0.25) is 0 Å². The lowest BCUT2D eigenvalue weighted by molar-refractivity contribution is 0.731. The smallest absolute Gasteiger partial charge is 0.117 e. The lowest BCUT2D eigenvalue weighted by atomic mass is 10.2. The monoisotopic (exact) mass is 294 g/mol. The molecule has 0 aromatic carbocycles. The lowest BCUT2D eigenvalue weighted by Crippen LogP contribution is -2.35. The predicted octanol–water partition coefficient (Wildman–Crippen LogP) is 4.54. The van der Waals surface area contributed by atoms with Crippen molar-refractivity contribution in [1.82, 2.24) is 0 Å². The molecule has 12 heavy (non-hydrogen) atoms. The zero-order valence-electron chi connectivity index (χ0n) is 8.36. The molecule has 0 unspecified atom stereocenters. The van der Waals surface area contributed by atoms with E-state index in [9.17, 15) is 0 Å².